The molecule has 1 heterocycles. The molecule has 0 unspecified atom stereocenters. The van der Waals surface area contributed by atoms with Crippen LogP contribution in [0.1, 0.15) is 20.3 Å². The van der Waals surface area contributed by atoms with Gasteiger partial charge in [-0.2, -0.15) is 0 Å². The number of halogens is 1. The quantitative estimate of drug-likeness (QED) is 0.655. The second-order valence-electron chi connectivity index (χ2n) is 3.69. The molecule has 1 atom stereocenters. The van der Waals surface area contributed by atoms with Crippen LogP contribution in [0.4, 0.5) is 0 Å². The zero-order valence-electron chi connectivity index (χ0n) is 8.75. The summed E-state index contributed by atoms with van der Waals surface area (Å²) in [7, 11) is 1.80. The first kappa shape index (κ1) is 12.9. The van der Waals surface area contributed by atoms with E-state index >= 15 is 0 Å². The van der Waals surface area contributed by atoms with Crippen LogP contribution in [0.15, 0.2) is 11.6 Å². The van der Waals surface area contributed by atoms with Crippen molar-refractivity contribution in [3.05, 3.63) is 11.6 Å². The predicted octanol–water partition coefficient (Wildman–Crippen LogP) is 2.10. The van der Waals surface area contributed by atoms with Crippen LogP contribution in [0.5, 0.6) is 0 Å². The van der Waals surface area contributed by atoms with Crippen molar-refractivity contribution in [2.75, 3.05) is 26.7 Å². The Balaban J connectivity index is 0.00000144. The SMILES string of the molecule is CO[C@@H]1CCN(CC=C(C)C)C1.Cl. The molecule has 78 valence electrons. The first-order chi connectivity index (χ1) is 5.72. The number of likely N-dealkylation sites (tertiary alicyclic amines) is 1. The summed E-state index contributed by atoms with van der Waals surface area (Å²) in [6, 6.07) is 0. The number of allylic oxidation sites excluding steroid dienone is 1. The van der Waals surface area contributed by atoms with E-state index in [0.29, 0.717) is 6.10 Å². The van der Waals surface area contributed by atoms with Crippen molar-refractivity contribution >= 4 is 12.4 Å². The monoisotopic (exact) mass is 205 g/mol. The molecule has 0 aromatic heterocycles. The second-order valence-corrected chi connectivity index (χ2v) is 3.69. The number of hydrogen-bond acceptors (Lipinski definition) is 2. The maximum absolute atomic E-state index is 5.29. The highest BCUT2D eigenvalue weighted by atomic mass is 35.5. The predicted molar refractivity (Wildman–Crippen MR) is 58.5 cm³/mol. The van der Waals surface area contributed by atoms with Gasteiger partial charge in [0.05, 0.1) is 6.10 Å². The molecule has 13 heavy (non-hydrogen) atoms. The highest BCUT2D eigenvalue weighted by molar-refractivity contribution is 5.85. The van der Waals surface area contributed by atoms with E-state index in [1.807, 2.05) is 0 Å². The lowest BCUT2D eigenvalue weighted by Crippen LogP contribution is -2.22. The molecule has 3 heteroatoms. The highest BCUT2D eigenvalue weighted by Crippen LogP contribution is 2.11. The van der Waals surface area contributed by atoms with Crippen molar-refractivity contribution in [1.82, 2.24) is 4.90 Å². The Hall–Kier alpha value is -0.0500. The third-order valence-electron chi connectivity index (χ3n) is 2.32. The average Bonchev–Trinajstić information content (AvgIpc) is 2.48. The number of ether oxygens (including phenoxy) is 1. The molecule has 0 spiro atoms. The third-order valence-corrected chi connectivity index (χ3v) is 2.32. The van der Waals surface area contributed by atoms with Crippen LogP contribution in [-0.4, -0.2) is 37.7 Å². The van der Waals surface area contributed by atoms with Crippen molar-refractivity contribution < 1.29 is 4.74 Å². The minimum Gasteiger partial charge on any atom is -0.380 e. The van der Waals surface area contributed by atoms with Gasteiger partial charge in [0.25, 0.3) is 0 Å². The van der Waals surface area contributed by atoms with Gasteiger partial charge in [-0.05, 0) is 20.3 Å². The Bertz CT molecular complexity index is 166. The summed E-state index contributed by atoms with van der Waals surface area (Å²) in [4.78, 5) is 2.43. The van der Waals surface area contributed by atoms with Gasteiger partial charge < -0.3 is 4.74 Å². The van der Waals surface area contributed by atoms with E-state index in [1.54, 1.807) is 7.11 Å². The van der Waals surface area contributed by atoms with E-state index in [-0.39, 0.29) is 12.4 Å². The van der Waals surface area contributed by atoms with Crippen molar-refractivity contribution in [3.63, 3.8) is 0 Å². The Morgan fingerprint density at radius 3 is 2.69 bits per heavy atom. The molecular weight excluding hydrogens is 186 g/mol. The van der Waals surface area contributed by atoms with Gasteiger partial charge in [0.1, 0.15) is 0 Å². The maximum atomic E-state index is 5.29. The molecule has 0 aromatic carbocycles. The summed E-state index contributed by atoms with van der Waals surface area (Å²) in [6.45, 7) is 7.65. The summed E-state index contributed by atoms with van der Waals surface area (Å²) in [5.41, 5.74) is 1.40. The van der Waals surface area contributed by atoms with Crippen LogP contribution in [0.3, 0.4) is 0 Å². The molecule has 1 aliphatic rings. The van der Waals surface area contributed by atoms with E-state index in [4.69, 9.17) is 4.74 Å². The molecule has 0 N–H and O–H groups in total. The van der Waals surface area contributed by atoms with Crippen molar-refractivity contribution in [2.45, 2.75) is 26.4 Å². The zero-order chi connectivity index (χ0) is 8.97. The Morgan fingerprint density at radius 1 is 1.54 bits per heavy atom. The summed E-state index contributed by atoms with van der Waals surface area (Å²) >= 11 is 0. The molecule has 0 aliphatic carbocycles. The van der Waals surface area contributed by atoms with Crippen molar-refractivity contribution in [1.29, 1.82) is 0 Å². The van der Waals surface area contributed by atoms with Crippen LogP contribution >= 0.6 is 12.4 Å². The topological polar surface area (TPSA) is 12.5 Å². The summed E-state index contributed by atoms with van der Waals surface area (Å²) in [5, 5.41) is 0. The molecular formula is C10H20ClNO. The number of methoxy groups -OCH3 is 1. The van der Waals surface area contributed by atoms with Gasteiger partial charge in [-0.3, -0.25) is 4.90 Å². The third kappa shape index (κ3) is 4.65. The van der Waals surface area contributed by atoms with Crippen LogP contribution < -0.4 is 0 Å². The average molecular weight is 206 g/mol. The van der Waals surface area contributed by atoms with Crippen LogP contribution in [0.2, 0.25) is 0 Å². The van der Waals surface area contributed by atoms with Crippen LogP contribution in [-0.2, 0) is 4.74 Å². The molecule has 1 saturated heterocycles. The molecule has 1 fully saturated rings. The maximum Gasteiger partial charge on any atom is 0.0710 e. The smallest absolute Gasteiger partial charge is 0.0710 e. The molecule has 2 nitrogen and oxygen atoms in total. The molecule has 0 bridgehead atoms. The standard InChI is InChI=1S/C10H19NO.ClH/c1-9(2)4-6-11-7-5-10(8-11)12-3;/h4,10H,5-8H2,1-3H3;1H/t10-;/m1./s1. The van der Waals surface area contributed by atoms with E-state index in [1.165, 1.54) is 18.5 Å². The van der Waals surface area contributed by atoms with Crippen molar-refractivity contribution in [3.8, 4) is 0 Å². The molecule has 0 saturated carbocycles. The fraction of sp³-hybridized carbons (Fsp3) is 0.800. The first-order valence-corrected chi connectivity index (χ1v) is 4.61. The van der Waals surface area contributed by atoms with Gasteiger partial charge in [-0.15, -0.1) is 12.4 Å². The lowest BCUT2D eigenvalue weighted by Gasteiger charge is -2.12. The van der Waals surface area contributed by atoms with E-state index in [9.17, 15) is 0 Å². The number of nitrogens with zero attached hydrogens (tertiary/aromatic N) is 1. The summed E-state index contributed by atoms with van der Waals surface area (Å²) in [5.74, 6) is 0. The molecule has 0 radical (unpaired) electrons. The van der Waals surface area contributed by atoms with Crippen LogP contribution in [0, 0.1) is 0 Å². The zero-order valence-corrected chi connectivity index (χ0v) is 9.56. The molecule has 1 aliphatic heterocycles. The minimum absolute atomic E-state index is 0. The number of rotatable bonds is 3. The molecule has 1 rings (SSSR count). The van der Waals surface area contributed by atoms with Gasteiger partial charge in [0.2, 0.25) is 0 Å². The van der Waals surface area contributed by atoms with Gasteiger partial charge in [-0.25, -0.2) is 0 Å². The Kier molecular flexibility index (Phi) is 6.39. The Morgan fingerprint density at radius 2 is 2.23 bits per heavy atom. The first-order valence-electron chi connectivity index (χ1n) is 4.61. The van der Waals surface area contributed by atoms with Gasteiger partial charge in [-0.1, -0.05) is 11.6 Å². The van der Waals surface area contributed by atoms with Gasteiger partial charge >= 0.3 is 0 Å². The van der Waals surface area contributed by atoms with E-state index in [2.05, 4.69) is 24.8 Å². The van der Waals surface area contributed by atoms with Crippen molar-refractivity contribution in [2.24, 2.45) is 0 Å². The minimum atomic E-state index is 0. The van der Waals surface area contributed by atoms with E-state index in [0.717, 1.165) is 13.1 Å². The normalized spacial score (nSPS) is 22.5. The Labute approximate surface area is 87.4 Å². The number of hydrogen-bond donors (Lipinski definition) is 0. The molecule has 0 aromatic rings. The van der Waals surface area contributed by atoms with Gasteiger partial charge in [0.15, 0.2) is 0 Å². The lowest BCUT2D eigenvalue weighted by atomic mass is 10.3. The fourth-order valence-electron chi connectivity index (χ4n) is 1.47. The largest absolute Gasteiger partial charge is 0.380 e. The van der Waals surface area contributed by atoms with Crippen LogP contribution in [0.25, 0.3) is 0 Å². The van der Waals surface area contributed by atoms with E-state index < -0.39 is 0 Å². The fourth-order valence-corrected chi connectivity index (χ4v) is 1.47. The highest BCUT2D eigenvalue weighted by Gasteiger charge is 2.20. The second kappa shape index (κ2) is 6.41. The lowest BCUT2D eigenvalue weighted by molar-refractivity contribution is 0.109. The summed E-state index contributed by atoms with van der Waals surface area (Å²) in [6.07, 6.45) is 3.93. The summed E-state index contributed by atoms with van der Waals surface area (Å²) < 4.78 is 5.29. The molecule has 0 amide bonds. The van der Waals surface area contributed by atoms with Gasteiger partial charge in [0, 0.05) is 26.7 Å².